The Labute approximate surface area is 98.2 Å². The number of hydrogen-bond acceptors (Lipinski definition) is 4. The molecule has 0 aliphatic carbocycles. The van der Waals surface area contributed by atoms with Crippen LogP contribution in [0, 0.1) is 0 Å². The number of benzene rings is 1. The molecule has 6 heteroatoms. The van der Waals surface area contributed by atoms with Gasteiger partial charge >= 0.3 is 12.0 Å². The summed E-state index contributed by atoms with van der Waals surface area (Å²) in [4.78, 5) is 16.7. The number of fused-ring (bicyclic) bond motifs is 1. The Morgan fingerprint density at radius 1 is 1.53 bits per heavy atom. The standard InChI is InChI=1S/C11H14N4O2/c1-7(12)6-15(10(13)16)11-14-8-4-2-3-5-9(8)17-11/h2-5,7H,6,12H2,1H3,(H2,13,16). The van der Waals surface area contributed by atoms with Crippen LogP contribution in [0.2, 0.25) is 0 Å². The molecule has 17 heavy (non-hydrogen) atoms. The molecular weight excluding hydrogens is 220 g/mol. The number of carbonyl (C=O) groups is 1. The monoisotopic (exact) mass is 234 g/mol. The smallest absolute Gasteiger partial charge is 0.322 e. The molecule has 1 heterocycles. The summed E-state index contributed by atoms with van der Waals surface area (Å²) in [5.41, 5.74) is 12.2. The maximum absolute atomic E-state index is 11.3. The van der Waals surface area contributed by atoms with Gasteiger partial charge in [0.2, 0.25) is 0 Å². The van der Waals surface area contributed by atoms with Crippen LogP contribution in [-0.4, -0.2) is 23.6 Å². The first-order valence-electron chi connectivity index (χ1n) is 5.26. The number of amides is 2. The highest BCUT2D eigenvalue weighted by Gasteiger charge is 2.19. The molecule has 2 aromatic rings. The fraction of sp³-hybridized carbons (Fsp3) is 0.273. The molecule has 90 valence electrons. The molecule has 1 atom stereocenters. The predicted molar refractivity (Wildman–Crippen MR) is 64.6 cm³/mol. The van der Waals surface area contributed by atoms with Crippen LogP contribution in [0.25, 0.3) is 11.1 Å². The summed E-state index contributed by atoms with van der Waals surface area (Å²) in [5.74, 6) is 0. The number of rotatable bonds is 3. The minimum absolute atomic E-state index is 0.177. The normalized spacial score (nSPS) is 12.6. The number of urea groups is 1. The van der Waals surface area contributed by atoms with E-state index in [4.69, 9.17) is 15.9 Å². The highest BCUT2D eigenvalue weighted by Crippen LogP contribution is 2.21. The van der Waals surface area contributed by atoms with E-state index in [-0.39, 0.29) is 18.6 Å². The van der Waals surface area contributed by atoms with Gasteiger partial charge in [-0.05, 0) is 19.1 Å². The van der Waals surface area contributed by atoms with Gasteiger partial charge in [-0.3, -0.25) is 0 Å². The van der Waals surface area contributed by atoms with E-state index in [1.54, 1.807) is 19.1 Å². The summed E-state index contributed by atoms with van der Waals surface area (Å²) in [6, 6.07) is 6.58. The SMILES string of the molecule is CC(N)CN(C(N)=O)c1nc2ccccc2o1. The fourth-order valence-electron chi connectivity index (χ4n) is 1.53. The van der Waals surface area contributed by atoms with Gasteiger partial charge in [-0.25, -0.2) is 9.69 Å². The van der Waals surface area contributed by atoms with E-state index in [0.29, 0.717) is 11.1 Å². The molecule has 2 rings (SSSR count). The van der Waals surface area contributed by atoms with Gasteiger partial charge in [-0.15, -0.1) is 0 Å². The Hall–Kier alpha value is -2.08. The second-order valence-corrected chi connectivity index (χ2v) is 3.89. The lowest BCUT2D eigenvalue weighted by molar-refractivity contribution is 0.252. The molecule has 1 unspecified atom stereocenters. The van der Waals surface area contributed by atoms with E-state index in [2.05, 4.69) is 4.98 Å². The van der Waals surface area contributed by atoms with Gasteiger partial charge in [0.05, 0.1) is 0 Å². The molecule has 0 saturated heterocycles. The molecular formula is C11H14N4O2. The fourth-order valence-corrected chi connectivity index (χ4v) is 1.53. The van der Waals surface area contributed by atoms with Crippen molar-refractivity contribution in [1.29, 1.82) is 0 Å². The first-order valence-corrected chi connectivity index (χ1v) is 5.26. The quantitative estimate of drug-likeness (QED) is 0.829. The minimum Gasteiger partial charge on any atom is -0.423 e. The Morgan fingerprint density at radius 3 is 2.82 bits per heavy atom. The molecule has 0 aliphatic rings. The molecule has 0 aliphatic heterocycles. The van der Waals surface area contributed by atoms with Crippen LogP contribution in [0.5, 0.6) is 0 Å². The summed E-state index contributed by atoms with van der Waals surface area (Å²) in [5, 5.41) is 0. The number of para-hydroxylation sites is 2. The third-order valence-electron chi connectivity index (χ3n) is 2.25. The minimum atomic E-state index is -0.631. The van der Waals surface area contributed by atoms with Gasteiger partial charge in [0.1, 0.15) is 5.52 Å². The van der Waals surface area contributed by atoms with Gasteiger partial charge in [-0.1, -0.05) is 12.1 Å². The number of carbonyl (C=O) groups excluding carboxylic acids is 1. The number of oxazole rings is 1. The van der Waals surface area contributed by atoms with Gasteiger partial charge in [0, 0.05) is 12.6 Å². The van der Waals surface area contributed by atoms with Crippen molar-refractivity contribution in [2.24, 2.45) is 11.5 Å². The Kier molecular flexibility index (Phi) is 2.97. The molecule has 4 N–H and O–H groups in total. The zero-order chi connectivity index (χ0) is 12.4. The van der Waals surface area contributed by atoms with Crippen molar-refractivity contribution in [2.45, 2.75) is 13.0 Å². The number of hydrogen-bond donors (Lipinski definition) is 2. The Morgan fingerprint density at radius 2 is 2.24 bits per heavy atom. The van der Waals surface area contributed by atoms with Crippen LogP contribution in [0.4, 0.5) is 10.8 Å². The van der Waals surface area contributed by atoms with Gasteiger partial charge in [-0.2, -0.15) is 4.98 Å². The van der Waals surface area contributed by atoms with Crippen molar-refractivity contribution >= 4 is 23.1 Å². The molecule has 1 aromatic heterocycles. The lowest BCUT2D eigenvalue weighted by Crippen LogP contribution is -2.43. The molecule has 2 amide bonds. The van der Waals surface area contributed by atoms with E-state index >= 15 is 0 Å². The largest absolute Gasteiger partial charge is 0.423 e. The zero-order valence-electron chi connectivity index (χ0n) is 9.46. The number of nitrogens with two attached hydrogens (primary N) is 2. The van der Waals surface area contributed by atoms with Crippen molar-refractivity contribution < 1.29 is 9.21 Å². The second kappa shape index (κ2) is 4.42. The van der Waals surface area contributed by atoms with Crippen molar-refractivity contribution in [2.75, 3.05) is 11.4 Å². The van der Waals surface area contributed by atoms with Crippen LogP contribution in [0.1, 0.15) is 6.92 Å². The molecule has 1 aromatic carbocycles. The van der Waals surface area contributed by atoms with E-state index < -0.39 is 6.03 Å². The molecule has 0 radical (unpaired) electrons. The van der Waals surface area contributed by atoms with Crippen molar-refractivity contribution in [3.63, 3.8) is 0 Å². The summed E-state index contributed by atoms with van der Waals surface area (Å²) >= 11 is 0. The predicted octanol–water partition coefficient (Wildman–Crippen LogP) is 1.06. The molecule has 6 nitrogen and oxygen atoms in total. The summed E-state index contributed by atoms with van der Waals surface area (Å²) < 4.78 is 5.45. The van der Waals surface area contributed by atoms with Crippen molar-refractivity contribution in [3.8, 4) is 0 Å². The number of anilines is 1. The van der Waals surface area contributed by atoms with E-state index in [1.165, 1.54) is 4.90 Å². The molecule has 0 spiro atoms. The van der Waals surface area contributed by atoms with Gasteiger partial charge in [0.15, 0.2) is 5.58 Å². The molecule has 0 saturated carbocycles. The van der Waals surface area contributed by atoms with Crippen molar-refractivity contribution in [3.05, 3.63) is 24.3 Å². The lowest BCUT2D eigenvalue weighted by Gasteiger charge is -2.17. The molecule has 0 bridgehead atoms. The van der Waals surface area contributed by atoms with Gasteiger partial charge < -0.3 is 15.9 Å². The number of primary amides is 1. The average molecular weight is 234 g/mol. The summed E-state index contributed by atoms with van der Waals surface area (Å²) in [7, 11) is 0. The summed E-state index contributed by atoms with van der Waals surface area (Å²) in [6.45, 7) is 2.04. The lowest BCUT2D eigenvalue weighted by atomic mass is 10.3. The van der Waals surface area contributed by atoms with Crippen molar-refractivity contribution in [1.82, 2.24) is 4.98 Å². The van der Waals surface area contributed by atoms with Gasteiger partial charge in [0.25, 0.3) is 0 Å². The zero-order valence-corrected chi connectivity index (χ0v) is 9.46. The van der Waals surface area contributed by atoms with E-state index in [9.17, 15) is 4.79 Å². The Balaban J connectivity index is 2.38. The second-order valence-electron chi connectivity index (χ2n) is 3.89. The summed E-state index contributed by atoms with van der Waals surface area (Å²) in [6.07, 6.45) is 0. The third kappa shape index (κ3) is 2.36. The van der Waals surface area contributed by atoms with Crippen LogP contribution in [0.15, 0.2) is 28.7 Å². The highest BCUT2D eigenvalue weighted by atomic mass is 16.4. The maximum Gasteiger partial charge on any atom is 0.322 e. The maximum atomic E-state index is 11.3. The van der Waals surface area contributed by atoms with Crippen LogP contribution in [0.3, 0.4) is 0 Å². The third-order valence-corrected chi connectivity index (χ3v) is 2.25. The molecule has 0 fully saturated rings. The van der Waals surface area contributed by atoms with Crippen LogP contribution in [-0.2, 0) is 0 Å². The van der Waals surface area contributed by atoms with E-state index in [1.807, 2.05) is 12.1 Å². The Bertz CT molecular complexity index is 502. The number of nitrogens with zero attached hydrogens (tertiary/aromatic N) is 2. The number of aromatic nitrogens is 1. The van der Waals surface area contributed by atoms with E-state index in [0.717, 1.165) is 0 Å². The average Bonchev–Trinajstić information content (AvgIpc) is 2.68. The van der Waals surface area contributed by atoms with Crippen LogP contribution < -0.4 is 16.4 Å². The highest BCUT2D eigenvalue weighted by molar-refractivity contribution is 5.89. The topological polar surface area (TPSA) is 98.4 Å². The first-order chi connectivity index (χ1) is 8.08. The first kappa shape index (κ1) is 11.4. The van der Waals surface area contributed by atoms with Crippen LogP contribution >= 0.6 is 0 Å².